The third-order valence-corrected chi connectivity index (χ3v) is 4.10. The molecule has 58 valence electrons. The Balaban J connectivity index is 2.07. The zero-order valence-electron chi connectivity index (χ0n) is 5.91. The lowest BCUT2D eigenvalue weighted by atomic mass is 10.5. The van der Waals surface area contributed by atoms with Gasteiger partial charge in [-0.05, 0) is 0 Å². The van der Waals surface area contributed by atoms with Gasteiger partial charge in [-0.3, -0.25) is 0 Å². The van der Waals surface area contributed by atoms with Crippen molar-refractivity contribution in [2.24, 2.45) is 0 Å². The van der Waals surface area contributed by atoms with E-state index in [4.69, 9.17) is 4.74 Å². The van der Waals surface area contributed by atoms with Crippen molar-refractivity contribution in [2.45, 2.75) is 5.25 Å². The van der Waals surface area contributed by atoms with Crippen LogP contribution in [0.3, 0.4) is 0 Å². The fraction of sp³-hybridized carbons (Fsp3) is 0.714. The van der Waals surface area contributed by atoms with Crippen molar-refractivity contribution in [2.75, 3.05) is 23.9 Å². The van der Waals surface area contributed by atoms with Gasteiger partial charge in [0.05, 0.1) is 12.9 Å². The van der Waals surface area contributed by atoms with Gasteiger partial charge in [-0.15, -0.1) is 0 Å². The molecule has 0 amide bonds. The van der Waals surface area contributed by atoms with Crippen molar-refractivity contribution in [3.05, 3.63) is 12.8 Å². The van der Waals surface area contributed by atoms with Crippen LogP contribution in [0.1, 0.15) is 0 Å². The van der Waals surface area contributed by atoms with Crippen LogP contribution < -0.4 is 0 Å². The van der Waals surface area contributed by atoms with Crippen LogP contribution in [0.5, 0.6) is 0 Å². The molecule has 0 aromatic carbocycles. The molecule has 0 saturated carbocycles. The first-order chi connectivity index (χ1) is 4.93. The summed E-state index contributed by atoms with van der Waals surface area (Å²) in [7, 11) is 0. The molecule has 3 heteroatoms. The van der Waals surface area contributed by atoms with Crippen LogP contribution in [0, 0.1) is 0 Å². The fourth-order valence-corrected chi connectivity index (χ4v) is 3.37. The third kappa shape index (κ3) is 2.88. The molecular weight excluding hydrogens is 164 g/mol. The molecule has 1 fully saturated rings. The van der Waals surface area contributed by atoms with E-state index in [0.29, 0.717) is 5.25 Å². The number of hydrogen-bond donors (Lipinski definition) is 0. The van der Waals surface area contributed by atoms with Gasteiger partial charge in [-0.2, -0.15) is 23.5 Å². The Kier molecular flexibility index (Phi) is 4.14. The molecule has 1 rings (SSSR count). The third-order valence-electron chi connectivity index (χ3n) is 1.28. The zero-order valence-corrected chi connectivity index (χ0v) is 7.55. The molecule has 0 aromatic heterocycles. The Bertz CT molecular complexity index is 99.8. The second kappa shape index (κ2) is 4.97. The Morgan fingerprint density at radius 1 is 1.60 bits per heavy atom. The van der Waals surface area contributed by atoms with E-state index in [0.717, 1.165) is 6.61 Å². The lowest BCUT2D eigenvalue weighted by molar-refractivity contribution is 0.256. The van der Waals surface area contributed by atoms with Crippen molar-refractivity contribution < 1.29 is 4.74 Å². The molecule has 10 heavy (non-hydrogen) atoms. The summed E-state index contributed by atoms with van der Waals surface area (Å²) in [6, 6.07) is 0. The predicted molar refractivity (Wildman–Crippen MR) is 49.7 cm³/mol. The van der Waals surface area contributed by atoms with Gasteiger partial charge in [0.2, 0.25) is 0 Å². The standard InChI is InChI=1S/C7H12OS2/c1-2-8-5-7-6-9-3-4-10-7/h2,7H,1,3-6H2. The molecule has 0 bridgehead atoms. The summed E-state index contributed by atoms with van der Waals surface area (Å²) in [4.78, 5) is 0. The van der Waals surface area contributed by atoms with Gasteiger partial charge in [-0.25, -0.2) is 0 Å². The SMILES string of the molecule is C=COCC1CSCCS1. The summed E-state index contributed by atoms with van der Waals surface area (Å²) in [5.74, 6) is 3.81. The van der Waals surface area contributed by atoms with E-state index in [1.54, 1.807) is 0 Å². The lowest BCUT2D eigenvalue weighted by Crippen LogP contribution is -2.18. The van der Waals surface area contributed by atoms with E-state index in [2.05, 4.69) is 6.58 Å². The fourth-order valence-electron chi connectivity index (χ4n) is 0.808. The van der Waals surface area contributed by atoms with Crippen molar-refractivity contribution in [3.8, 4) is 0 Å². The van der Waals surface area contributed by atoms with E-state index >= 15 is 0 Å². The minimum Gasteiger partial charge on any atom is -0.501 e. The maximum absolute atomic E-state index is 5.10. The summed E-state index contributed by atoms with van der Waals surface area (Å²) in [6.45, 7) is 4.34. The summed E-state index contributed by atoms with van der Waals surface area (Å²) < 4.78 is 5.10. The average Bonchev–Trinajstić information content (AvgIpc) is 2.03. The molecule has 0 radical (unpaired) electrons. The smallest absolute Gasteiger partial charge is 0.0999 e. The Morgan fingerprint density at radius 3 is 3.10 bits per heavy atom. The van der Waals surface area contributed by atoms with E-state index in [1.165, 1.54) is 23.5 Å². The average molecular weight is 176 g/mol. The molecule has 0 aromatic rings. The first-order valence-electron chi connectivity index (χ1n) is 3.35. The van der Waals surface area contributed by atoms with E-state index in [9.17, 15) is 0 Å². The summed E-state index contributed by atoms with van der Waals surface area (Å²) in [6.07, 6.45) is 1.53. The summed E-state index contributed by atoms with van der Waals surface area (Å²) in [5.41, 5.74) is 0. The van der Waals surface area contributed by atoms with Crippen molar-refractivity contribution >= 4 is 23.5 Å². The molecular formula is C7H12OS2. The van der Waals surface area contributed by atoms with Gasteiger partial charge < -0.3 is 4.74 Å². The molecule has 1 nitrogen and oxygen atoms in total. The maximum Gasteiger partial charge on any atom is 0.0999 e. The predicted octanol–water partition coefficient (Wildman–Crippen LogP) is 2.00. The highest BCUT2D eigenvalue weighted by atomic mass is 32.2. The highest BCUT2D eigenvalue weighted by Crippen LogP contribution is 2.23. The number of thioether (sulfide) groups is 2. The van der Waals surface area contributed by atoms with Gasteiger partial charge in [0.15, 0.2) is 0 Å². The number of hydrogen-bond acceptors (Lipinski definition) is 3. The number of ether oxygens (including phenoxy) is 1. The molecule has 1 aliphatic heterocycles. The van der Waals surface area contributed by atoms with Crippen molar-refractivity contribution in [3.63, 3.8) is 0 Å². The van der Waals surface area contributed by atoms with Crippen molar-refractivity contribution in [1.82, 2.24) is 0 Å². The molecule has 0 N–H and O–H groups in total. The topological polar surface area (TPSA) is 9.23 Å². The van der Waals surface area contributed by atoms with Crippen LogP contribution >= 0.6 is 23.5 Å². The second-order valence-electron chi connectivity index (χ2n) is 2.07. The van der Waals surface area contributed by atoms with Gasteiger partial charge in [0.1, 0.15) is 0 Å². The Morgan fingerprint density at radius 2 is 2.50 bits per heavy atom. The minimum absolute atomic E-state index is 0.691. The van der Waals surface area contributed by atoms with Gasteiger partial charge in [0, 0.05) is 22.5 Å². The Hall–Kier alpha value is 0.240. The van der Waals surface area contributed by atoms with Gasteiger partial charge >= 0.3 is 0 Å². The first kappa shape index (κ1) is 8.34. The molecule has 1 unspecified atom stereocenters. The van der Waals surface area contributed by atoms with Crippen LogP contribution in [-0.2, 0) is 4.74 Å². The molecule has 1 heterocycles. The van der Waals surface area contributed by atoms with Crippen LogP contribution in [0.25, 0.3) is 0 Å². The normalized spacial score (nSPS) is 25.8. The quantitative estimate of drug-likeness (QED) is 0.609. The molecule has 0 spiro atoms. The molecule has 1 saturated heterocycles. The molecule has 1 atom stereocenters. The first-order valence-corrected chi connectivity index (χ1v) is 5.55. The minimum atomic E-state index is 0.691. The maximum atomic E-state index is 5.10. The van der Waals surface area contributed by atoms with Crippen LogP contribution in [0.2, 0.25) is 0 Å². The highest BCUT2D eigenvalue weighted by Gasteiger charge is 2.13. The van der Waals surface area contributed by atoms with Crippen LogP contribution in [0.4, 0.5) is 0 Å². The molecule has 0 aliphatic carbocycles. The van der Waals surface area contributed by atoms with Crippen molar-refractivity contribution in [1.29, 1.82) is 0 Å². The zero-order chi connectivity index (χ0) is 7.23. The highest BCUT2D eigenvalue weighted by molar-refractivity contribution is 8.06. The van der Waals surface area contributed by atoms with Gasteiger partial charge in [-0.1, -0.05) is 6.58 Å². The number of rotatable bonds is 3. The Labute approximate surface area is 70.6 Å². The van der Waals surface area contributed by atoms with Gasteiger partial charge in [0.25, 0.3) is 0 Å². The molecule has 1 aliphatic rings. The van der Waals surface area contributed by atoms with E-state index in [1.807, 2.05) is 23.5 Å². The van der Waals surface area contributed by atoms with E-state index in [-0.39, 0.29) is 0 Å². The summed E-state index contributed by atoms with van der Waals surface area (Å²) >= 11 is 4.03. The van der Waals surface area contributed by atoms with E-state index < -0.39 is 0 Å². The van der Waals surface area contributed by atoms with Crippen LogP contribution in [0.15, 0.2) is 12.8 Å². The monoisotopic (exact) mass is 176 g/mol. The second-order valence-corrected chi connectivity index (χ2v) is 4.63. The summed E-state index contributed by atoms with van der Waals surface area (Å²) in [5, 5.41) is 0.691. The lowest BCUT2D eigenvalue weighted by Gasteiger charge is -2.19. The van der Waals surface area contributed by atoms with Crippen LogP contribution in [-0.4, -0.2) is 29.1 Å². The largest absolute Gasteiger partial charge is 0.501 e.